The average molecular weight is 387 g/mol. The Morgan fingerprint density at radius 3 is 2.68 bits per heavy atom. The fraction of sp³-hybridized carbons (Fsp3) is 0.0667. The Labute approximate surface area is 149 Å². The number of thioether (sulfide) groups is 1. The monoisotopic (exact) mass is 386 g/mol. The Morgan fingerprint density at radius 2 is 2.00 bits per heavy atom. The first-order valence-corrected chi connectivity index (χ1v) is 8.06. The van der Waals surface area contributed by atoms with Crippen molar-refractivity contribution >= 4 is 51.7 Å². The number of urea groups is 1. The van der Waals surface area contributed by atoms with E-state index in [4.69, 9.17) is 11.6 Å². The van der Waals surface area contributed by atoms with E-state index in [1.54, 1.807) is 24.4 Å². The molecule has 1 aromatic carbocycles. The number of nitrogens with one attached hydrogen (secondary N) is 3. The molecule has 2 amide bonds. The lowest BCUT2D eigenvalue weighted by Gasteiger charge is -2.08. The number of nitrogens with zero attached hydrogens (tertiary/aromatic N) is 1. The molecule has 0 fully saturated rings. The van der Waals surface area contributed by atoms with Crippen LogP contribution in [-0.2, 0) is 0 Å². The van der Waals surface area contributed by atoms with Crippen molar-refractivity contribution in [1.82, 2.24) is 9.97 Å². The quantitative estimate of drug-likeness (QED) is 0.522. The molecule has 0 aliphatic heterocycles. The number of amides is 2. The number of pyridine rings is 1. The summed E-state index contributed by atoms with van der Waals surface area (Å²) in [6.45, 7) is 0. The highest BCUT2D eigenvalue weighted by atomic mass is 35.5. The Kier molecular flexibility index (Phi) is 4.78. The topological polar surface area (TPSA) is 69.8 Å². The van der Waals surface area contributed by atoms with Crippen LogP contribution in [0.5, 0.6) is 0 Å². The van der Waals surface area contributed by atoms with Crippen LogP contribution in [0, 0.1) is 0 Å². The van der Waals surface area contributed by atoms with E-state index in [9.17, 15) is 18.0 Å². The summed E-state index contributed by atoms with van der Waals surface area (Å²) in [5.41, 5.74) is -2.82. The molecule has 0 saturated carbocycles. The number of hydrogen-bond acceptors (Lipinski definition) is 3. The molecule has 2 heterocycles. The Bertz CT molecular complexity index is 911. The lowest BCUT2D eigenvalue weighted by Crippen LogP contribution is -2.19. The van der Waals surface area contributed by atoms with Crippen LogP contribution >= 0.6 is 23.4 Å². The zero-order valence-electron chi connectivity index (χ0n) is 12.3. The lowest BCUT2D eigenvalue weighted by atomic mass is 10.2. The van der Waals surface area contributed by atoms with Gasteiger partial charge in [0, 0.05) is 33.9 Å². The third kappa shape index (κ3) is 4.58. The molecule has 2 aromatic heterocycles. The van der Waals surface area contributed by atoms with Crippen molar-refractivity contribution in [2.75, 3.05) is 10.6 Å². The molecule has 0 unspecified atom stereocenters. The summed E-state index contributed by atoms with van der Waals surface area (Å²) in [6.07, 6.45) is 2.77. The van der Waals surface area contributed by atoms with E-state index in [2.05, 4.69) is 20.6 Å². The van der Waals surface area contributed by atoms with Gasteiger partial charge >= 0.3 is 11.5 Å². The number of aromatic nitrogens is 2. The van der Waals surface area contributed by atoms with Crippen LogP contribution in [0.1, 0.15) is 0 Å². The standard InChI is InChI=1S/C15H10ClF3N4OS/c16-8-1-3-11-10(5-8)12(7-20-11)23-14(24)22-9-2-4-13(21-6-9)25-15(17,18)19/h1-7,20H,(H2,22,23,24). The van der Waals surface area contributed by atoms with Gasteiger partial charge in [0.2, 0.25) is 0 Å². The van der Waals surface area contributed by atoms with Crippen LogP contribution in [0.25, 0.3) is 10.9 Å². The van der Waals surface area contributed by atoms with Crippen LogP contribution in [0.15, 0.2) is 47.8 Å². The number of hydrogen-bond donors (Lipinski definition) is 3. The van der Waals surface area contributed by atoms with Crippen LogP contribution in [-0.4, -0.2) is 21.5 Å². The minimum absolute atomic E-state index is 0.204. The van der Waals surface area contributed by atoms with Gasteiger partial charge in [-0.15, -0.1) is 0 Å². The van der Waals surface area contributed by atoms with Gasteiger partial charge in [-0.1, -0.05) is 11.6 Å². The molecular weight excluding hydrogens is 377 g/mol. The van der Waals surface area contributed by atoms with Gasteiger partial charge in [-0.3, -0.25) is 0 Å². The van der Waals surface area contributed by atoms with Gasteiger partial charge < -0.3 is 15.6 Å². The Balaban J connectivity index is 1.67. The van der Waals surface area contributed by atoms with E-state index in [-0.39, 0.29) is 22.5 Å². The summed E-state index contributed by atoms with van der Waals surface area (Å²) in [6, 6.07) is 7.16. The first-order valence-electron chi connectivity index (χ1n) is 6.86. The van der Waals surface area contributed by atoms with Gasteiger partial charge in [-0.25, -0.2) is 9.78 Å². The molecule has 0 bridgehead atoms. The highest BCUT2D eigenvalue weighted by molar-refractivity contribution is 8.00. The molecule has 10 heteroatoms. The fourth-order valence-electron chi connectivity index (χ4n) is 2.11. The molecule has 130 valence electrons. The first kappa shape index (κ1) is 17.4. The molecule has 3 N–H and O–H groups in total. The predicted octanol–water partition coefficient (Wildman–Crippen LogP) is 5.47. The van der Waals surface area contributed by atoms with Gasteiger partial charge in [0.05, 0.1) is 17.6 Å². The number of anilines is 2. The molecule has 3 rings (SSSR count). The van der Waals surface area contributed by atoms with Gasteiger partial charge in [-0.2, -0.15) is 13.2 Å². The average Bonchev–Trinajstić information content (AvgIpc) is 2.90. The van der Waals surface area contributed by atoms with Crippen molar-refractivity contribution < 1.29 is 18.0 Å². The molecule has 0 spiro atoms. The van der Waals surface area contributed by atoms with Crippen LogP contribution in [0.3, 0.4) is 0 Å². The number of fused-ring (bicyclic) bond motifs is 1. The number of alkyl halides is 3. The number of H-pyrrole nitrogens is 1. The summed E-state index contributed by atoms with van der Waals surface area (Å²) in [5.74, 6) is 0. The van der Waals surface area contributed by atoms with Crippen LogP contribution < -0.4 is 10.6 Å². The molecule has 25 heavy (non-hydrogen) atoms. The van der Waals surface area contributed by atoms with E-state index < -0.39 is 11.5 Å². The summed E-state index contributed by atoms with van der Waals surface area (Å²) in [5, 5.41) is 6.20. The summed E-state index contributed by atoms with van der Waals surface area (Å²) >= 11 is 5.62. The second kappa shape index (κ2) is 6.85. The Morgan fingerprint density at radius 1 is 1.20 bits per heavy atom. The summed E-state index contributed by atoms with van der Waals surface area (Å²) < 4.78 is 36.8. The van der Waals surface area contributed by atoms with E-state index in [1.807, 2.05) is 0 Å². The molecule has 5 nitrogen and oxygen atoms in total. The largest absolute Gasteiger partial charge is 0.447 e. The smallest absolute Gasteiger partial charge is 0.359 e. The van der Waals surface area contributed by atoms with E-state index in [0.29, 0.717) is 10.7 Å². The van der Waals surface area contributed by atoms with Crippen molar-refractivity contribution in [2.45, 2.75) is 10.5 Å². The number of carbonyl (C=O) groups is 1. The SMILES string of the molecule is O=C(Nc1ccc(SC(F)(F)F)nc1)Nc1c[nH]c2ccc(Cl)cc12. The summed E-state index contributed by atoms with van der Waals surface area (Å²) in [4.78, 5) is 18.7. The zero-order chi connectivity index (χ0) is 18.0. The fourth-order valence-corrected chi connectivity index (χ4v) is 2.76. The van der Waals surface area contributed by atoms with Crippen LogP contribution in [0.4, 0.5) is 29.3 Å². The lowest BCUT2D eigenvalue weighted by molar-refractivity contribution is -0.0329. The van der Waals surface area contributed by atoms with Crippen molar-refractivity contribution in [2.24, 2.45) is 0 Å². The van der Waals surface area contributed by atoms with Gasteiger partial charge in [0.1, 0.15) is 5.03 Å². The Hall–Kier alpha value is -2.39. The first-order chi connectivity index (χ1) is 11.8. The van der Waals surface area contributed by atoms with Crippen molar-refractivity contribution in [3.05, 3.63) is 47.7 Å². The van der Waals surface area contributed by atoms with E-state index >= 15 is 0 Å². The van der Waals surface area contributed by atoms with Gasteiger partial charge in [0.15, 0.2) is 0 Å². The molecule has 0 radical (unpaired) electrons. The highest BCUT2D eigenvalue weighted by Crippen LogP contribution is 2.35. The molecule has 0 atom stereocenters. The van der Waals surface area contributed by atoms with Crippen molar-refractivity contribution in [3.63, 3.8) is 0 Å². The maximum absolute atomic E-state index is 12.3. The summed E-state index contributed by atoms with van der Waals surface area (Å²) in [7, 11) is 0. The van der Waals surface area contributed by atoms with E-state index in [1.165, 1.54) is 12.1 Å². The third-order valence-electron chi connectivity index (χ3n) is 3.11. The van der Waals surface area contributed by atoms with Crippen LogP contribution in [0.2, 0.25) is 5.02 Å². The molecule has 0 aliphatic carbocycles. The molecule has 3 aromatic rings. The number of aromatic amines is 1. The zero-order valence-corrected chi connectivity index (χ0v) is 13.9. The normalized spacial score (nSPS) is 11.5. The second-order valence-corrected chi connectivity index (χ2v) is 6.43. The number of rotatable bonds is 3. The number of benzene rings is 1. The number of carbonyl (C=O) groups excluding carboxylic acids is 1. The van der Waals surface area contributed by atoms with Gasteiger partial charge in [0.25, 0.3) is 0 Å². The van der Waals surface area contributed by atoms with Crippen molar-refractivity contribution in [3.8, 4) is 0 Å². The maximum atomic E-state index is 12.3. The van der Waals surface area contributed by atoms with Crippen molar-refractivity contribution in [1.29, 1.82) is 0 Å². The second-order valence-electron chi connectivity index (χ2n) is 4.90. The highest BCUT2D eigenvalue weighted by Gasteiger charge is 2.29. The molecule has 0 aliphatic rings. The molecule has 0 saturated heterocycles. The predicted molar refractivity (Wildman–Crippen MR) is 92.1 cm³/mol. The van der Waals surface area contributed by atoms with E-state index in [0.717, 1.165) is 17.1 Å². The third-order valence-corrected chi connectivity index (χ3v) is 4.02. The maximum Gasteiger partial charge on any atom is 0.447 e. The molecular formula is C15H10ClF3N4OS. The minimum atomic E-state index is -4.41. The van der Waals surface area contributed by atoms with Gasteiger partial charge in [-0.05, 0) is 30.3 Å². The number of halogens is 4. The minimum Gasteiger partial charge on any atom is -0.359 e.